The Morgan fingerprint density at radius 2 is 1.78 bits per heavy atom. The van der Waals surface area contributed by atoms with Gasteiger partial charge in [-0.3, -0.25) is 9.89 Å². The van der Waals surface area contributed by atoms with Gasteiger partial charge >= 0.3 is 0 Å². The van der Waals surface area contributed by atoms with Gasteiger partial charge in [0.15, 0.2) is 5.13 Å². The summed E-state index contributed by atoms with van der Waals surface area (Å²) >= 11 is 1.28. The standard InChI is InChI=1S/C24H20N6OS/c1-14-8-11-19-17(12-26-30-19)21(14)28-23(31)20-13-25-24(32-20)29-22-15(2)9-10-18(27-22)16-6-4-3-5-7-16/h3-13H,1-2H3,(H,26,30)(H,28,31)(H,25,27,29). The zero-order valence-corrected chi connectivity index (χ0v) is 18.3. The number of thiazole rings is 1. The van der Waals surface area contributed by atoms with Crippen LogP contribution in [-0.2, 0) is 0 Å². The molecule has 7 nitrogen and oxygen atoms in total. The molecular formula is C24H20N6OS. The van der Waals surface area contributed by atoms with E-state index in [0.717, 1.165) is 39.0 Å². The third-order valence-corrected chi connectivity index (χ3v) is 6.10. The zero-order valence-electron chi connectivity index (χ0n) is 17.5. The third kappa shape index (κ3) is 3.83. The Kier molecular flexibility index (Phi) is 5.12. The van der Waals surface area contributed by atoms with Crippen molar-refractivity contribution < 1.29 is 4.79 Å². The van der Waals surface area contributed by atoms with Crippen molar-refractivity contribution in [2.75, 3.05) is 10.6 Å². The van der Waals surface area contributed by atoms with Crippen molar-refractivity contribution in [1.82, 2.24) is 20.2 Å². The summed E-state index contributed by atoms with van der Waals surface area (Å²) in [5.41, 5.74) is 5.49. The van der Waals surface area contributed by atoms with E-state index in [-0.39, 0.29) is 5.91 Å². The Balaban J connectivity index is 1.37. The molecule has 0 aliphatic heterocycles. The van der Waals surface area contributed by atoms with Gasteiger partial charge in [-0.2, -0.15) is 5.10 Å². The first-order chi connectivity index (χ1) is 15.6. The molecule has 0 aliphatic rings. The van der Waals surface area contributed by atoms with Crippen LogP contribution in [0.2, 0.25) is 0 Å². The number of nitrogens with one attached hydrogen (secondary N) is 3. The number of hydrogen-bond acceptors (Lipinski definition) is 6. The number of aromatic amines is 1. The molecule has 0 aliphatic carbocycles. The molecule has 3 N–H and O–H groups in total. The van der Waals surface area contributed by atoms with Crippen molar-refractivity contribution >= 4 is 44.8 Å². The maximum atomic E-state index is 12.9. The number of amides is 1. The van der Waals surface area contributed by atoms with Gasteiger partial charge in [0.2, 0.25) is 0 Å². The quantitative estimate of drug-likeness (QED) is 0.326. The number of carbonyl (C=O) groups is 1. The maximum absolute atomic E-state index is 12.9. The van der Waals surface area contributed by atoms with E-state index in [4.69, 9.17) is 4.98 Å². The molecule has 0 fully saturated rings. The Hall–Kier alpha value is -4.04. The zero-order chi connectivity index (χ0) is 22.1. The highest BCUT2D eigenvalue weighted by Gasteiger charge is 2.15. The second kappa shape index (κ2) is 8.24. The fourth-order valence-corrected chi connectivity index (χ4v) is 4.14. The summed E-state index contributed by atoms with van der Waals surface area (Å²) in [5.74, 6) is 0.502. The monoisotopic (exact) mass is 440 g/mol. The lowest BCUT2D eigenvalue weighted by atomic mass is 10.1. The third-order valence-electron chi connectivity index (χ3n) is 5.19. The van der Waals surface area contributed by atoms with Crippen molar-refractivity contribution in [1.29, 1.82) is 0 Å². The summed E-state index contributed by atoms with van der Waals surface area (Å²) in [4.78, 5) is 22.5. The van der Waals surface area contributed by atoms with E-state index in [1.54, 1.807) is 12.4 Å². The lowest BCUT2D eigenvalue weighted by molar-refractivity contribution is 0.103. The van der Waals surface area contributed by atoms with Crippen molar-refractivity contribution in [2.24, 2.45) is 0 Å². The van der Waals surface area contributed by atoms with Crippen LogP contribution in [0, 0.1) is 13.8 Å². The molecule has 0 bridgehead atoms. The van der Waals surface area contributed by atoms with Crippen LogP contribution in [0.15, 0.2) is 67.0 Å². The number of benzene rings is 2. The minimum absolute atomic E-state index is 0.213. The lowest BCUT2D eigenvalue weighted by Crippen LogP contribution is -2.11. The Labute approximate surface area is 188 Å². The predicted octanol–water partition coefficient (Wildman–Crippen LogP) is 5.69. The van der Waals surface area contributed by atoms with E-state index in [1.807, 2.05) is 68.4 Å². The molecular weight excluding hydrogens is 420 g/mol. The fraction of sp³-hybridized carbons (Fsp3) is 0.0833. The molecule has 0 atom stereocenters. The van der Waals surface area contributed by atoms with Crippen LogP contribution in [0.1, 0.15) is 20.8 Å². The van der Waals surface area contributed by atoms with Gasteiger partial charge in [-0.25, -0.2) is 9.97 Å². The molecule has 2 aromatic carbocycles. The molecule has 8 heteroatoms. The van der Waals surface area contributed by atoms with E-state index in [1.165, 1.54) is 11.3 Å². The van der Waals surface area contributed by atoms with Crippen molar-refractivity contribution in [2.45, 2.75) is 13.8 Å². The average molecular weight is 441 g/mol. The second-order valence-electron chi connectivity index (χ2n) is 7.43. The first-order valence-electron chi connectivity index (χ1n) is 10.1. The van der Waals surface area contributed by atoms with Gasteiger partial charge in [-0.1, -0.05) is 53.8 Å². The minimum atomic E-state index is -0.213. The van der Waals surface area contributed by atoms with E-state index in [2.05, 4.69) is 25.8 Å². The molecule has 0 unspecified atom stereocenters. The summed E-state index contributed by atoms with van der Waals surface area (Å²) in [6.07, 6.45) is 3.29. The molecule has 5 rings (SSSR count). The first-order valence-corrected chi connectivity index (χ1v) is 10.9. The van der Waals surface area contributed by atoms with E-state index in [0.29, 0.717) is 15.8 Å². The number of nitrogens with zero attached hydrogens (tertiary/aromatic N) is 3. The number of aromatic nitrogens is 4. The number of fused-ring (bicyclic) bond motifs is 1. The molecule has 0 saturated carbocycles. The lowest BCUT2D eigenvalue weighted by Gasteiger charge is -2.09. The highest BCUT2D eigenvalue weighted by Crippen LogP contribution is 2.29. The van der Waals surface area contributed by atoms with Crippen LogP contribution in [-0.4, -0.2) is 26.1 Å². The van der Waals surface area contributed by atoms with E-state index in [9.17, 15) is 4.79 Å². The molecule has 32 heavy (non-hydrogen) atoms. The van der Waals surface area contributed by atoms with Gasteiger partial charge in [0, 0.05) is 10.9 Å². The maximum Gasteiger partial charge on any atom is 0.267 e. The van der Waals surface area contributed by atoms with Crippen molar-refractivity contribution in [3.8, 4) is 11.3 Å². The normalized spacial score (nSPS) is 10.9. The number of anilines is 3. The smallest absolute Gasteiger partial charge is 0.267 e. The number of H-pyrrole nitrogens is 1. The van der Waals surface area contributed by atoms with Crippen LogP contribution in [0.5, 0.6) is 0 Å². The van der Waals surface area contributed by atoms with Crippen LogP contribution in [0.25, 0.3) is 22.2 Å². The molecule has 1 amide bonds. The van der Waals surface area contributed by atoms with Crippen molar-refractivity contribution in [3.05, 3.63) is 83.0 Å². The van der Waals surface area contributed by atoms with E-state index < -0.39 is 0 Å². The summed E-state index contributed by atoms with van der Waals surface area (Å²) in [5, 5.41) is 14.7. The Morgan fingerprint density at radius 3 is 2.62 bits per heavy atom. The molecule has 158 valence electrons. The highest BCUT2D eigenvalue weighted by atomic mass is 32.1. The summed E-state index contributed by atoms with van der Waals surface area (Å²) in [7, 11) is 0. The highest BCUT2D eigenvalue weighted by molar-refractivity contribution is 7.17. The Bertz CT molecular complexity index is 1420. The topological polar surface area (TPSA) is 95.6 Å². The second-order valence-corrected chi connectivity index (χ2v) is 8.46. The molecule has 0 radical (unpaired) electrons. The largest absolute Gasteiger partial charge is 0.320 e. The summed E-state index contributed by atoms with van der Waals surface area (Å²) in [6, 6.07) is 17.9. The minimum Gasteiger partial charge on any atom is -0.320 e. The molecule has 3 heterocycles. The number of rotatable bonds is 5. The molecule has 5 aromatic rings. The summed E-state index contributed by atoms with van der Waals surface area (Å²) < 4.78 is 0. The number of hydrogen-bond donors (Lipinski definition) is 3. The van der Waals surface area contributed by atoms with Gasteiger partial charge in [0.1, 0.15) is 10.7 Å². The van der Waals surface area contributed by atoms with Crippen LogP contribution in [0.4, 0.5) is 16.6 Å². The first kappa shape index (κ1) is 19.9. The molecule has 0 saturated heterocycles. The van der Waals surface area contributed by atoms with Crippen LogP contribution in [0.3, 0.4) is 0 Å². The average Bonchev–Trinajstić information content (AvgIpc) is 3.47. The van der Waals surface area contributed by atoms with Gasteiger partial charge in [-0.05, 0) is 37.1 Å². The van der Waals surface area contributed by atoms with Gasteiger partial charge < -0.3 is 10.6 Å². The summed E-state index contributed by atoms with van der Waals surface area (Å²) in [6.45, 7) is 3.94. The SMILES string of the molecule is Cc1ccc(-c2ccccc2)nc1Nc1ncc(C(=O)Nc2c(C)ccc3[nH]ncc23)s1. The van der Waals surface area contributed by atoms with Crippen molar-refractivity contribution in [3.63, 3.8) is 0 Å². The van der Waals surface area contributed by atoms with Crippen LogP contribution >= 0.6 is 11.3 Å². The van der Waals surface area contributed by atoms with Gasteiger partial charge in [0.25, 0.3) is 5.91 Å². The van der Waals surface area contributed by atoms with E-state index >= 15 is 0 Å². The molecule has 0 spiro atoms. The van der Waals surface area contributed by atoms with Gasteiger partial charge in [0.05, 0.1) is 29.3 Å². The molecule has 3 aromatic heterocycles. The number of carbonyl (C=O) groups excluding carboxylic acids is 1. The van der Waals surface area contributed by atoms with Crippen LogP contribution < -0.4 is 10.6 Å². The predicted molar refractivity (Wildman–Crippen MR) is 129 cm³/mol. The van der Waals surface area contributed by atoms with Gasteiger partial charge in [-0.15, -0.1) is 0 Å². The number of pyridine rings is 1. The number of aryl methyl sites for hydroxylation is 2. The Morgan fingerprint density at radius 1 is 0.969 bits per heavy atom. The fourth-order valence-electron chi connectivity index (χ4n) is 3.43.